The van der Waals surface area contributed by atoms with Crippen LogP contribution in [0.15, 0.2) is 18.2 Å². The molecule has 0 aliphatic carbocycles. The lowest BCUT2D eigenvalue weighted by atomic mass is 10.0. The summed E-state index contributed by atoms with van der Waals surface area (Å²) in [6.45, 7) is 3.49. The highest BCUT2D eigenvalue weighted by atomic mass is 16.5. The highest BCUT2D eigenvalue weighted by Gasteiger charge is 2.07. The third-order valence-electron chi connectivity index (χ3n) is 3.39. The van der Waals surface area contributed by atoms with E-state index >= 15 is 0 Å². The van der Waals surface area contributed by atoms with E-state index in [9.17, 15) is 4.79 Å². The summed E-state index contributed by atoms with van der Waals surface area (Å²) >= 11 is 0. The molecule has 0 aliphatic rings. The molecule has 0 saturated carbocycles. The van der Waals surface area contributed by atoms with Crippen LogP contribution in [-0.2, 0) is 11.3 Å². The zero-order valence-corrected chi connectivity index (χ0v) is 12.6. The minimum atomic E-state index is -0.743. The Balaban J connectivity index is 2.38. The summed E-state index contributed by atoms with van der Waals surface area (Å²) in [6, 6.07) is 7.46. The van der Waals surface area contributed by atoms with E-state index in [0.717, 1.165) is 24.3 Å². The molecule has 1 aromatic rings. The lowest BCUT2D eigenvalue weighted by Gasteiger charge is -2.12. The van der Waals surface area contributed by atoms with Gasteiger partial charge in [-0.15, -0.1) is 0 Å². The quantitative estimate of drug-likeness (QED) is 0.683. The van der Waals surface area contributed by atoms with Crippen LogP contribution >= 0.6 is 0 Å². The van der Waals surface area contributed by atoms with E-state index in [4.69, 9.17) is 15.1 Å². The Morgan fingerprint density at radius 2 is 2.24 bits per heavy atom. The van der Waals surface area contributed by atoms with Gasteiger partial charge in [-0.1, -0.05) is 6.92 Å². The van der Waals surface area contributed by atoms with Crippen molar-refractivity contribution >= 4 is 5.97 Å². The minimum absolute atomic E-state index is 0.221. The number of ether oxygens (including phenoxy) is 1. The van der Waals surface area contributed by atoms with E-state index in [-0.39, 0.29) is 6.42 Å². The van der Waals surface area contributed by atoms with Gasteiger partial charge in [0.2, 0.25) is 0 Å². The van der Waals surface area contributed by atoms with Gasteiger partial charge in [-0.2, -0.15) is 5.26 Å². The molecule has 1 unspecified atom stereocenters. The first-order chi connectivity index (χ1) is 10.1. The van der Waals surface area contributed by atoms with Gasteiger partial charge < -0.3 is 15.2 Å². The summed E-state index contributed by atoms with van der Waals surface area (Å²) in [4.78, 5) is 10.5. The molecule has 0 fully saturated rings. The maximum absolute atomic E-state index is 10.5. The molecule has 114 valence electrons. The average Bonchev–Trinajstić information content (AvgIpc) is 2.49. The standard InChI is InChI=1S/C16H22N2O3/c1-12(3-6-16(19)20)7-8-18-11-14-9-13(10-17)4-5-15(14)21-2/h4-5,9,12,18H,3,6-8,11H2,1-2H3,(H,19,20). The zero-order chi connectivity index (χ0) is 15.7. The number of hydrogen-bond acceptors (Lipinski definition) is 4. The number of carbonyl (C=O) groups is 1. The number of nitriles is 1. The van der Waals surface area contributed by atoms with Crippen molar-refractivity contribution in [1.29, 1.82) is 5.26 Å². The molecule has 2 N–H and O–H groups in total. The molecule has 0 spiro atoms. The second-order valence-corrected chi connectivity index (χ2v) is 5.14. The molecule has 0 bridgehead atoms. The molecule has 0 radical (unpaired) electrons. The summed E-state index contributed by atoms with van der Waals surface area (Å²) in [7, 11) is 1.61. The summed E-state index contributed by atoms with van der Waals surface area (Å²) in [5.74, 6) is 0.397. The molecule has 0 aromatic heterocycles. The number of methoxy groups -OCH3 is 1. The first-order valence-corrected chi connectivity index (χ1v) is 7.06. The van der Waals surface area contributed by atoms with Gasteiger partial charge in [-0.3, -0.25) is 4.79 Å². The van der Waals surface area contributed by atoms with Gasteiger partial charge in [0, 0.05) is 18.5 Å². The van der Waals surface area contributed by atoms with Crippen LogP contribution in [0.25, 0.3) is 0 Å². The molecule has 0 aliphatic heterocycles. The monoisotopic (exact) mass is 290 g/mol. The lowest BCUT2D eigenvalue weighted by molar-refractivity contribution is -0.137. The Hall–Kier alpha value is -2.06. The second kappa shape index (κ2) is 8.98. The Morgan fingerprint density at radius 3 is 2.86 bits per heavy atom. The van der Waals surface area contributed by atoms with E-state index in [2.05, 4.69) is 18.3 Å². The van der Waals surface area contributed by atoms with Crippen molar-refractivity contribution in [1.82, 2.24) is 5.32 Å². The van der Waals surface area contributed by atoms with E-state index in [1.807, 2.05) is 6.07 Å². The van der Waals surface area contributed by atoms with Crippen molar-refractivity contribution in [3.8, 4) is 11.8 Å². The third kappa shape index (κ3) is 6.28. The van der Waals surface area contributed by atoms with Gasteiger partial charge >= 0.3 is 5.97 Å². The van der Waals surface area contributed by atoms with Gasteiger partial charge in [-0.25, -0.2) is 0 Å². The van der Waals surface area contributed by atoms with E-state index in [1.165, 1.54) is 0 Å². The van der Waals surface area contributed by atoms with Crippen molar-refractivity contribution in [2.45, 2.75) is 32.7 Å². The topological polar surface area (TPSA) is 82.3 Å². The second-order valence-electron chi connectivity index (χ2n) is 5.14. The van der Waals surface area contributed by atoms with Crippen LogP contribution in [0, 0.1) is 17.2 Å². The highest BCUT2D eigenvalue weighted by Crippen LogP contribution is 2.19. The van der Waals surface area contributed by atoms with Crippen LogP contribution < -0.4 is 10.1 Å². The first kappa shape index (κ1) is 17.0. The Morgan fingerprint density at radius 1 is 1.48 bits per heavy atom. The van der Waals surface area contributed by atoms with E-state index < -0.39 is 5.97 Å². The summed E-state index contributed by atoms with van der Waals surface area (Å²) in [6.07, 6.45) is 1.84. The zero-order valence-electron chi connectivity index (χ0n) is 12.6. The van der Waals surface area contributed by atoms with Gasteiger partial charge in [0.1, 0.15) is 5.75 Å². The number of benzene rings is 1. The number of aliphatic carboxylic acids is 1. The van der Waals surface area contributed by atoms with Crippen LogP contribution in [0.1, 0.15) is 37.3 Å². The summed E-state index contributed by atoms with van der Waals surface area (Å²) < 4.78 is 5.27. The van der Waals surface area contributed by atoms with Crippen LogP contribution in [0.2, 0.25) is 0 Å². The fraction of sp³-hybridized carbons (Fsp3) is 0.500. The minimum Gasteiger partial charge on any atom is -0.496 e. The Bertz CT molecular complexity index is 509. The van der Waals surface area contributed by atoms with Crippen LogP contribution in [0.3, 0.4) is 0 Å². The highest BCUT2D eigenvalue weighted by molar-refractivity contribution is 5.66. The third-order valence-corrected chi connectivity index (χ3v) is 3.39. The molecule has 1 atom stereocenters. The largest absolute Gasteiger partial charge is 0.496 e. The summed E-state index contributed by atoms with van der Waals surface area (Å²) in [5, 5.41) is 20.9. The molecule has 21 heavy (non-hydrogen) atoms. The fourth-order valence-electron chi connectivity index (χ4n) is 2.07. The predicted octanol–water partition coefficient (Wildman–Crippen LogP) is 2.55. The van der Waals surface area contributed by atoms with Gasteiger partial charge in [-0.05, 0) is 43.5 Å². The van der Waals surface area contributed by atoms with Gasteiger partial charge in [0.15, 0.2) is 0 Å². The maximum Gasteiger partial charge on any atom is 0.303 e. The summed E-state index contributed by atoms with van der Waals surface area (Å²) in [5.41, 5.74) is 1.57. The number of rotatable bonds is 9. The van der Waals surface area contributed by atoms with Gasteiger partial charge in [0.25, 0.3) is 0 Å². The number of hydrogen-bond donors (Lipinski definition) is 2. The Kier molecular flexibility index (Phi) is 7.27. The number of carboxylic acids is 1. The predicted molar refractivity (Wildman–Crippen MR) is 80.1 cm³/mol. The van der Waals surface area contributed by atoms with Crippen LogP contribution in [-0.4, -0.2) is 24.7 Å². The average molecular weight is 290 g/mol. The molecular weight excluding hydrogens is 268 g/mol. The van der Waals surface area contributed by atoms with Crippen molar-refractivity contribution in [2.75, 3.05) is 13.7 Å². The lowest BCUT2D eigenvalue weighted by Crippen LogP contribution is -2.18. The van der Waals surface area contributed by atoms with Crippen LogP contribution in [0.4, 0.5) is 0 Å². The molecule has 5 nitrogen and oxygen atoms in total. The van der Waals surface area contributed by atoms with Gasteiger partial charge in [0.05, 0.1) is 18.7 Å². The SMILES string of the molecule is COc1ccc(C#N)cc1CNCCC(C)CCC(=O)O. The smallest absolute Gasteiger partial charge is 0.303 e. The fourth-order valence-corrected chi connectivity index (χ4v) is 2.07. The molecule has 0 heterocycles. The molecular formula is C16H22N2O3. The number of carboxylic acid groups (broad SMARTS) is 1. The molecule has 0 amide bonds. The normalized spacial score (nSPS) is 11.7. The number of nitrogens with zero attached hydrogens (tertiary/aromatic N) is 1. The van der Waals surface area contributed by atoms with Crippen molar-refractivity contribution in [2.24, 2.45) is 5.92 Å². The van der Waals surface area contributed by atoms with Crippen molar-refractivity contribution in [3.05, 3.63) is 29.3 Å². The van der Waals surface area contributed by atoms with Crippen molar-refractivity contribution in [3.63, 3.8) is 0 Å². The van der Waals surface area contributed by atoms with Crippen molar-refractivity contribution < 1.29 is 14.6 Å². The maximum atomic E-state index is 10.5. The number of nitrogens with one attached hydrogen (secondary N) is 1. The van der Waals surface area contributed by atoms with E-state index in [1.54, 1.807) is 19.2 Å². The molecule has 1 rings (SSSR count). The first-order valence-electron chi connectivity index (χ1n) is 7.06. The Labute approximate surface area is 125 Å². The molecule has 5 heteroatoms. The molecule has 1 aromatic carbocycles. The van der Waals surface area contributed by atoms with E-state index in [0.29, 0.717) is 24.4 Å². The van der Waals surface area contributed by atoms with Crippen LogP contribution in [0.5, 0.6) is 5.75 Å². The molecule has 0 saturated heterocycles.